The summed E-state index contributed by atoms with van der Waals surface area (Å²) in [7, 11) is -3.39. The van der Waals surface area contributed by atoms with E-state index in [1.807, 2.05) is 0 Å². The minimum Gasteiger partial charge on any atom is -0.372 e. The van der Waals surface area contributed by atoms with E-state index in [1.54, 1.807) is 19.1 Å². The van der Waals surface area contributed by atoms with Crippen molar-refractivity contribution in [3.63, 3.8) is 0 Å². The Hall–Kier alpha value is -1.81. The molecule has 1 aromatic carbocycles. The molecule has 1 unspecified atom stereocenters. The van der Waals surface area contributed by atoms with Crippen LogP contribution in [0.2, 0.25) is 0 Å². The van der Waals surface area contributed by atoms with Gasteiger partial charge in [-0.2, -0.15) is 13.2 Å². The average Bonchev–Trinajstić information content (AvgIpc) is 2.84. The molecule has 26 heavy (non-hydrogen) atoms. The van der Waals surface area contributed by atoms with E-state index >= 15 is 0 Å². The summed E-state index contributed by atoms with van der Waals surface area (Å²) >= 11 is 0. The standard InChI is InChI=1S/C16H21F3N2O4S/c1-11-8-13-9-12(4-5-14(13)21(11)26(2,23)24)15(22)20-6-3-7-25-10-16(17,18)19/h4-5,9,11H,3,6-8,10H2,1-2H3,(H,20,22). The van der Waals surface area contributed by atoms with Crippen LogP contribution in [0.4, 0.5) is 18.9 Å². The van der Waals surface area contributed by atoms with Crippen molar-refractivity contribution >= 4 is 21.6 Å². The zero-order chi connectivity index (χ0) is 19.5. The number of rotatable bonds is 7. The Morgan fingerprint density at radius 1 is 1.38 bits per heavy atom. The number of alkyl halides is 3. The third kappa shape index (κ3) is 5.34. The second-order valence-electron chi connectivity index (χ2n) is 6.23. The molecule has 1 aliphatic rings. The molecule has 1 heterocycles. The Bertz CT molecular complexity index is 765. The summed E-state index contributed by atoms with van der Waals surface area (Å²) in [5, 5.41) is 2.61. The van der Waals surface area contributed by atoms with E-state index in [0.29, 0.717) is 17.7 Å². The highest BCUT2D eigenvalue weighted by Gasteiger charge is 2.32. The quantitative estimate of drug-likeness (QED) is 0.719. The smallest absolute Gasteiger partial charge is 0.372 e. The van der Waals surface area contributed by atoms with Crippen LogP contribution in [-0.2, 0) is 21.2 Å². The van der Waals surface area contributed by atoms with Crippen LogP contribution in [0.15, 0.2) is 18.2 Å². The van der Waals surface area contributed by atoms with Crippen molar-refractivity contribution in [2.45, 2.75) is 32.0 Å². The van der Waals surface area contributed by atoms with E-state index in [1.165, 1.54) is 10.4 Å². The summed E-state index contributed by atoms with van der Waals surface area (Å²) < 4.78 is 65.3. The van der Waals surface area contributed by atoms with Crippen molar-refractivity contribution in [1.82, 2.24) is 5.32 Å². The Kier molecular flexibility index (Phi) is 6.17. The lowest BCUT2D eigenvalue weighted by Crippen LogP contribution is -2.34. The lowest BCUT2D eigenvalue weighted by Gasteiger charge is -2.21. The number of hydrogen-bond acceptors (Lipinski definition) is 4. The SMILES string of the molecule is CC1Cc2cc(C(=O)NCCCOCC(F)(F)F)ccc2N1S(C)(=O)=O. The number of nitrogens with zero attached hydrogens (tertiary/aromatic N) is 1. The number of carbonyl (C=O) groups excluding carboxylic acids is 1. The lowest BCUT2D eigenvalue weighted by molar-refractivity contribution is -0.173. The van der Waals surface area contributed by atoms with Gasteiger partial charge in [0.15, 0.2) is 0 Å². The molecule has 6 nitrogen and oxygen atoms in total. The number of anilines is 1. The van der Waals surface area contributed by atoms with Gasteiger partial charge in [0, 0.05) is 24.8 Å². The summed E-state index contributed by atoms with van der Waals surface area (Å²) in [5.74, 6) is -0.367. The van der Waals surface area contributed by atoms with Crippen LogP contribution in [0.5, 0.6) is 0 Å². The minimum atomic E-state index is -4.36. The highest BCUT2D eigenvalue weighted by molar-refractivity contribution is 7.92. The molecule has 1 aromatic rings. The van der Waals surface area contributed by atoms with Crippen LogP contribution in [0.25, 0.3) is 0 Å². The van der Waals surface area contributed by atoms with Crippen LogP contribution in [0.3, 0.4) is 0 Å². The van der Waals surface area contributed by atoms with Gasteiger partial charge >= 0.3 is 6.18 Å². The molecule has 0 spiro atoms. The van der Waals surface area contributed by atoms with E-state index in [0.717, 1.165) is 11.8 Å². The molecule has 0 radical (unpaired) electrons. The molecule has 0 fully saturated rings. The molecule has 2 rings (SSSR count). The number of carbonyl (C=O) groups is 1. The molecule has 0 bridgehead atoms. The van der Waals surface area contributed by atoms with Gasteiger partial charge in [0.05, 0.1) is 11.9 Å². The first-order valence-electron chi connectivity index (χ1n) is 8.04. The highest BCUT2D eigenvalue weighted by atomic mass is 32.2. The molecule has 1 N–H and O–H groups in total. The topological polar surface area (TPSA) is 75.7 Å². The van der Waals surface area contributed by atoms with Crippen molar-refractivity contribution in [3.05, 3.63) is 29.3 Å². The fourth-order valence-electron chi connectivity index (χ4n) is 2.92. The summed E-state index contributed by atoms with van der Waals surface area (Å²) in [6.45, 7) is 0.562. The van der Waals surface area contributed by atoms with Crippen molar-refractivity contribution in [3.8, 4) is 0 Å². The molecule has 0 saturated carbocycles. The first-order valence-corrected chi connectivity index (χ1v) is 9.89. The summed E-state index contributed by atoms with van der Waals surface area (Å²) in [4.78, 5) is 12.1. The second-order valence-corrected chi connectivity index (χ2v) is 8.09. The molecule has 1 atom stereocenters. The van der Waals surface area contributed by atoms with Gasteiger partial charge in [0.1, 0.15) is 6.61 Å². The van der Waals surface area contributed by atoms with Crippen molar-refractivity contribution < 1.29 is 31.1 Å². The van der Waals surface area contributed by atoms with Gasteiger partial charge in [-0.25, -0.2) is 8.42 Å². The maximum Gasteiger partial charge on any atom is 0.411 e. The van der Waals surface area contributed by atoms with E-state index in [9.17, 15) is 26.4 Å². The van der Waals surface area contributed by atoms with Crippen molar-refractivity contribution in [1.29, 1.82) is 0 Å². The van der Waals surface area contributed by atoms with Gasteiger partial charge in [-0.05, 0) is 43.5 Å². The van der Waals surface area contributed by atoms with Gasteiger partial charge < -0.3 is 10.1 Å². The average molecular weight is 394 g/mol. The predicted molar refractivity (Wildman–Crippen MR) is 90.8 cm³/mol. The molecular formula is C16H21F3N2O4S. The third-order valence-corrected chi connectivity index (χ3v) is 5.14. The Morgan fingerprint density at radius 2 is 2.08 bits per heavy atom. The highest BCUT2D eigenvalue weighted by Crippen LogP contribution is 2.34. The van der Waals surface area contributed by atoms with E-state index in [2.05, 4.69) is 10.1 Å². The summed E-state index contributed by atoms with van der Waals surface area (Å²) in [6.07, 6.45) is -2.45. The number of fused-ring (bicyclic) bond motifs is 1. The number of sulfonamides is 1. The lowest BCUT2D eigenvalue weighted by atomic mass is 10.1. The van der Waals surface area contributed by atoms with Gasteiger partial charge in [-0.3, -0.25) is 9.10 Å². The van der Waals surface area contributed by atoms with Gasteiger partial charge in [-0.1, -0.05) is 0 Å². The van der Waals surface area contributed by atoms with Crippen LogP contribution in [-0.4, -0.2) is 52.6 Å². The summed E-state index contributed by atoms with van der Waals surface area (Å²) in [5.41, 5.74) is 1.71. The number of benzene rings is 1. The molecule has 10 heteroatoms. The predicted octanol–water partition coefficient (Wildman–Crippen LogP) is 2.10. The zero-order valence-corrected chi connectivity index (χ0v) is 15.3. The first-order chi connectivity index (χ1) is 12.0. The Morgan fingerprint density at radius 3 is 2.69 bits per heavy atom. The fourth-order valence-corrected chi connectivity index (χ4v) is 4.18. The molecule has 146 valence electrons. The summed E-state index contributed by atoms with van der Waals surface area (Å²) in [6, 6.07) is 4.56. The van der Waals surface area contributed by atoms with Crippen molar-refractivity contribution in [2.75, 3.05) is 30.3 Å². The third-order valence-electron chi connectivity index (χ3n) is 3.87. The van der Waals surface area contributed by atoms with Gasteiger partial charge in [0.2, 0.25) is 10.0 Å². The molecule has 1 aliphatic heterocycles. The van der Waals surface area contributed by atoms with E-state index < -0.39 is 22.8 Å². The fraction of sp³-hybridized carbons (Fsp3) is 0.562. The molecule has 0 aliphatic carbocycles. The second kappa shape index (κ2) is 7.83. The Labute approximate surface area is 150 Å². The number of hydrogen-bond donors (Lipinski definition) is 1. The monoisotopic (exact) mass is 394 g/mol. The minimum absolute atomic E-state index is 0.106. The molecule has 1 amide bonds. The number of nitrogens with one attached hydrogen (secondary N) is 1. The van der Waals surface area contributed by atoms with Gasteiger partial charge in [0.25, 0.3) is 5.91 Å². The normalized spacial score (nSPS) is 17.3. The first kappa shape index (κ1) is 20.5. The maximum absolute atomic E-state index is 12.1. The van der Waals surface area contributed by atoms with Crippen LogP contribution in [0, 0.1) is 0 Å². The maximum atomic E-state index is 12.1. The number of ether oxygens (including phenoxy) is 1. The van der Waals surface area contributed by atoms with Crippen molar-refractivity contribution in [2.24, 2.45) is 0 Å². The number of amides is 1. The Balaban J connectivity index is 1.89. The number of halogens is 3. The van der Waals surface area contributed by atoms with E-state index in [4.69, 9.17) is 0 Å². The largest absolute Gasteiger partial charge is 0.411 e. The molecular weight excluding hydrogens is 373 g/mol. The van der Waals surface area contributed by atoms with Crippen LogP contribution in [0.1, 0.15) is 29.3 Å². The van der Waals surface area contributed by atoms with Crippen LogP contribution < -0.4 is 9.62 Å². The van der Waals surface area contributed by atoms with Crippen LogP contribution >= 0.6 is 0 Å². The zero-order valence-electron chi connectivity index (χ0n) is 14.5. The van der Waals surface area contributed by atoms with Gasteiger partial charge in [-0.15, -0.1) is 0 Å². The molecule has 0 saturated heterocycles. The van der Waals surface area contributed by atoms with E-state index in [-0.39, 0.29) is 31.5 Å². The molecule has 0 aromatic heterocycles.